The zero-order valence-corrected chi connectivity index (χ0v) is 15.6. The van der Waals surface area contributed by atoms with Crippen LogP contribution in [0.5, 0.6) is 0 Å². The Balaban J connectivity index is 1.72. The zero-order chi connectivity index (χ0) is 20.7. The van der Waals surface area contributed by atoms with Crippen LogP contribution >= 0.6 is 0 Å². The maximum Gasteiger partial charge on any atom is 0.338 e. The molecule has 1 atom stereocenters. The number of hydrogen-bond donors (Lipinski definition) is 2. The minimum absolute atomic E-state index is 0.00349. The molecule has 0 fully saturated rings. The van der Waals surface area contributed by atoms with E-state index >= 15 is 0 Å². The Kier molecular flexibility index (Phi) is 6.57. The maximum absolute atomic E-state index is 13.8. The highest BCUT2D eigenvalue weighted by Crippen LogP contribution is 2.27. The minimum Gasteiger partial charge on any atom is -0.462 e. The number of aliphatic hydroxyl groups is 1. The summed E-state index contributed by atoms with van der Waals surface area (Å²) < 4.78 is 32.4. The molecule has 0 bridgehead atoms. The number of nitrogens with one attached hydrogen (secondary N) is 1. The number of carbonyl (C=O) groups is 1. The Morgan fingerprint density at radius 1 is 0.931 bits per heavy atom. The van der Waals surface area contributed by atoms with Gasteiger partial charge in [-0.05, 0) is 42.0 Å². The van der Waals surface area contributed by atoms with E-state index in [1.165, 1.54) is 6.07 Å². The Morgan fingerprint density at radius 2 is 1.59 bits per heavy atom. The molecule has 3 aromatic carbocycles. The van der Waals surface area contributed by atoms with E-state index in [4.69, 9.17) is 4.74 Å². The lowest BCUT2D eigenvalue weighted by Crippen LogP contribution is -2.36. The summed E-state index contributed by atoms with van der Waals surface area (Å²) in [7, 11) is 0. The van der Waals surface area contributed by atoms with Crippen molar-refractivity contribution in [2.75, 3.05) is 18.5 Å². The highest BCUT2D eigenvalue weighted by molar-refractivity contribution is 5.89. The van der Waals surface area contributed by atoms with Crippen molar-refractivity contribution < 1.29 is 23.4 Å². The number of benzene rings is 3. The molecule has 29 heavy (non-hydrogen) atoms. The van der Waals surface area contributed by atoms with Gasteiger partial charge in [0, 0.05) is 18.7 Å². The highest BCUT2D eigenvalue weighted by atomic mass is 19.2. The molecule has 0 spiro atoms. The lowest BCUT2D eigenvalue weighted by Gasteiger charge is -2.29. The number of para-hydroxylation sites is 1. The van der Waals surface area contributed by atoms with Crippen LogP contribution in [0.25, 0.3) is 0 Å². The lowest BCUT2D eigenvalue weighted by atomic mass is 9.90. The first kappa shape index (κ1) is 20.5. The van der Waals surface area contributed by atoms with E-state index in [0.717, 1.165) is 17.8 Å². The molecule has 0 aromatic heterocycles. The third kappa shape index (κ3) is 5.39. The van der Waals surface area contributed by atoms with Gasteiger partial charge in [-0.2, -0.15) is 0 Å². The van der Waals surface area contributed by atoms with E-state index in [1.54, 1.807) is 30.3 Å². The summed E-state index contributed by atoms with van der Waals surface area (Å²) in [6.07, 6.45) is -0.00349. The van der Waals surface area contributed by atoms with Crippen molar-refractivity contribution in [1.29, 1.82) is 0 Å². The SMILES string of the molecule is O=C(OCCC(O)(CNc1ccccc1)c1ccc(F)c(F)c1)c1ccccc1. The lowest BCUT2D eigenvalue weighted by molar-refractivity contribution is 0.00837. The summed E-state index contributed by atoms with van der Waals surface area (Å²) in [5.74, 6) is -2.57. The minimum atomic E-state index is -1.58. The summed E-state index contributed by atoms with van der Waals surface area (Å²) >= 11 is 0. The van der Waals surface area contributed by atoms with Crippen LogP contribution in [0.15, 0.2) is 78.9 Å². The molecular formula is C23H21F2NO3. The second-order valence-corrected chi connectivity index (χ2v) is 6.63. The molecule has 3 rings (SSSR count). The molecule has 150 valence electrons. The van der Waals surface area contributed by atoms with Crippen LogP contribution in [0, 0.1) is 11.6 Å². The van der Waals surface area contributed by atoms with Gasteiger partial charge in [-0.1, -0.05) is 42.5 Å². The van der Waals surface area contributed by atoms with Crippen molar-refractivity contribution in [3.05, 3.63) is 102 Å². The Hall–Kier alpha value is -3.25. The number of anilines is 1. The fourth-order valence-corrected chi connectivity index (χ4v) is 2.89. The van der Waals surface area contributed by atoms with Gasteiger partial charge in [-0.15, -0.1) is 0 Å². The predicted molar refractivity (Wildman–Crippen MR) is 107 cm³/mol. The van der Waals surface area contributed by atoms with Crippen molar-refractivity contribution in [3.63, 3.8) is 0 Å². The smallest absolute Gasteiger partial charge is 0.338 e. The molecule has 6 heteroatoms. The van der Waals surface area contributed by atoms with Crippen LogP contribution in [-0.2, 0) is 10.3 Å². The second-order valence-electron chi connectivity index (χ2n) is 6.63. The van der Waals surface area contributed by atoms with Crippen LogP contribution in [0.4, 0.5) is 14.5 Å². The van der Waals surface area contributed by atoms with Crippen LogP contribution < -0.4 is 5.32 Å². The molecule has 0 amide bonds. The van der Waals surface area contributed by atoms with E-state index < -0.39 is 23.2 Å². The molecule has 0 heterocycles. The second kappa shape index (κ2) is 9.30. The third-order valence-electron chi connectivity index (χ3n) is 4.57. The van der Waals surface area contributed by atoms with Gasteiger partial charge in [-0.3, -0.25) is 0 Å². The van der Waals surface area contributed by atoms with Gasteiger partial charge in [-0.25, -0.2) is 13.6 Å². The number of halogens is 2. The Bertz CT molecular complexity index is 951. The molecule has 2 N–H and O–H groups in total. The van der Waals surface area contributed by atoms with E-state index in [0.29, 0.717) is 5.56 Å². The van der Waals surface area contributed by atoms with Gasteiger partial charge in [0.2, 0.25) is 0 Å². The van der Waals surface area contributed by atoms with Gasteiger partial charge in [0.1, 0.15) is 5.60 Å². The van der Waals surface area contributed by atoms with Crippen LogP contribution in [0.3, 0.4) is 0 Å². The highest BCUT2D eigenvalue weighted by Gasteiger charge is 2.30. The molecule has 0 aliphatic heterocycles. The Labute approximate surface area is 167 Å². The van der Waals surface area contributed by atoms with Gasteiger partial charge in [0.15, 0.2) is 11.6 Å². The van der Waals surface area contributed by atoms with Crippen molar-refractivity contribution in [2.45, 2.75) is 12.0 Å². The van der Waals surface area contributed by atoms with E-state index in [-0.39, 0.29) is 25.1 Å². The van der Waals surface area contributed by atoms with Gasteiger partial charge in [0.25, 0.3) is 0 Å². The first-order valence-electron chi connectivity index (χ1n) is 9.17. The van der Waals surface area contributed by atoms with Gasteiger partial charge in [0.05, 0.1) is 12.2 Å². The molecule has 1 unspecified atom stereocenters. The van der Waals surface area contributed by atoms with E-state index in [2.05, 4.69) is 5.32 Å². The number of carbonyl (C=O) groups excluding carboxylic acids is 1. The van der Waals surface area contributed by atoms with Crippen LogP contribution in [0.1, 0.15) is 22.3 Å². The average molecular weight is 397 g/mol. The quantitative estimate of drug-likeness (QED) is 0.549. The van der Waals surface area contributed by atoms with E-state index in [1.807, 2.05) is 30.3 Å². The average Bonchev–Trinajstić information content (AvgIpc) is 2.75. The van der Waals surface area contributed by atoms with Crippen molar-refractivity contribution in [3.8, 4) is 0 Å². The standard InChI is InChI=1S/C23H21F2NO3/c24-20-12-11-18(15-21(20)25)23(28,16-26-19-9-5-2-6-10-19)13-14-29-22(27)17-7-3-1-4-8-17/h1-12,15,26,28H,13-14,16H2. The zero-order valence-electron chi connectivity index (χ0n) is 15.6. The number of ether oxygens (including phenoxy) is 1. The van der Waals surface area contributed by atoms with Crippen molar-refractivity contribution in [2.24, 2.45) is 0 Å². The molecule has 0 aliphatic rings. The summed E-state index contributed by atoms with van der Waals surface area (Å²) in [5.41, 5.74) is -0.238. The fourth-order valence-electron chi connectivity index (χ4n) is 2.89. The normalized spacial score (nSPS) is 12.8. The number of hydrogen-bond acceptors (Lipinski definition) is 4. The Morgan fingerprint density at radius 3 is 2.24 bits per heavy atom. The monoisotopic (exact) mass is 397 g/mol. The molecule has 0 radical (unpaired) electrons. The predicted octanol–water partition coefficient (Wildman–Crippen LogP) is 4.51. The summed E-state index contributed by atoms with van der Waals surface area (Å²) in [5, 5.41) is 14.3. The number of esters is 1. The molecule has 4 nitrogen and oxygen atoms in total. The molecule has 0 saturated carbocycles. The molecule has 0 saturated heterocycles. The van der Waals surface area contributed by atoms with E-state index in [9.17, 15) is 18.7 Å². The number of rotatable bonds is 8. The van der Waals surface area contributed by atoms with Gasteiger partial charge >= 0.3 is 5.97 Å². The first-order valence-corrected chi connectivity index (χ1v) is 9.17. The van der Waals surface area contributed by atoms with Crippen LogP contribution in [0.2, 0.25) is 0 Å². The largest absolute Gasteiger partial charge is 0.462 e. The molecule has 3 aromatic rings. The summed E-state index contributed by atoms with van der Waals surface area (Å²) in [6, 6.07) is 20.9. The first-order chi connectivity index (χ1) is 14.0. The topological polar surface area (TPSA) is 58.6 Å². The summed E-state index contributed by atoms with van der Waals surface area (Å²) in [4.78, 5) is 12.1. The maximum atomic E-state index is 13.8. The van der Waals surface area contributed by atoms with Crippen LogP contribution in [-0.4, -0.2) is 24.2 Å². The molecular weight excluding hydrogens is 376 g/mol. The third-order valence-corrected chi connectivity index (χ3v) is 4.57. The molecule has 0 aliphatic carbocycles. The summed E-state index contributed by atoms with van der Waals surface area (Å²) in [6.45, 7) is -0.0787. The van der Waals surface area contributed by atoms with Crippen molar-refractivity contribution >= 4 is 11.7 Å². The van der Waals surface area contributed by atoms with Crippen molar-refractivity contribution in [1.82, 2.24) is 0 Å². The van der Waals surface area contributed by atoms with Gasteiger partial charge < -0.3 is 15.2 Å². The fraction of sp³-hybridized carbons (Fsp3) is 0.174.